The van der Waals surface area contributed by atoms with Gasteiger partial charge in [0.05, 0.1) is 0 Å². The van der Waals surface area contributed by atoms with Crippen LogP contribution in [0.5, 0.6) is 0 Å². The third-order valence-electron chi connectivity index (χ3n) is 0.884. The van der Waals surface area contributed by atoms with E-state index in [9.17, 15) is 0 Å². The zero-order valence-electron chi connectivity index (χ0n) is 5.85. The average Bonchev–Trinajstić information content (AvgIpc) is 1.82. The van der Waals surface area contributed by atoms with Crippen LogP contribution in [0.3, 0.4) is 0 Å². The van der Waals surface area contributed by atoms with Crippen LogP contribution in [0, 0.1) is 0 Å². The molecule has 0 saturated carbocycles. The summed E-state index contributed by atoms with van der Waals surface area (Å²) in [6.07, 6.45) is 5.43. The second-order valence-electron chi connectivity index (χ2n) is 1.90. The molecule has 0 heterocycles. The van der Waals surface area contributed by atoms with E-state index < -0.39 is 0 Å². The lowest BCUT2D eigenvalue weighted by Gasteiger charge is -1.89. The molecule has 48 valence electrons. The van der Waals surface area contributed by atoms with E-state index in [1.54, 1.807) is 12.2 Å². The molecule has 0 rings (SSSR count). The van der Waals surface area contributed by atoms with E-state index in [0.29, 0.717) is 0 Å². The average molecular weight is 120 g/mol. The fraction of sp³-hybridized carbons (Fsp3) is 0.111. The van der Waals surface area contributed by atoms with E-state index >= 15 is 0 Å². The van der Waals surface area contributed by atoms with Crippen LogP contribution in [-0.4, -0.2) is 0 Å². The summed E-state index contributed by atoms with van der Waals surface area (Å²) >= 11 is 0. The van der Waals surface area contributed by atoms with Crippen molar-refractivity contribution in [2.45, 2.75) is 6.92 Å². The molecule has 0 aliphatic rings. The summed E-state index contributed by atoms with van der Waals surface area (Å²) in [5.41, 5.74) is 2.03. The molecule has 0 bridgehead atoms. The van der Waals surface area contributed by atoms with Gasteiger partial charge in [-0.3, -0.25) is 0 Å². The van der Waals surface area contributed by atoms with Crippen LogP contribution < -0.4 is 0 Å². The molecular formula is C9H12. The predicted octanol–water partition coefficient (Wildman–Crippen LogP) is 2.86. The summed E-state index contributed by atoms with van der Waals surface area (Å²) < 4.78 is 0. The second kappa shape index (κ2) is 3.90. The van der Waals surface area contributed by atoms with E-state index in [1.165, 1.54) is 0 Å². The van der Waals surface area contributed by atoms with Gasteiger partial charge in [0.1, 0.15) is 0 Å². The predicted molar refractivity (Wildman–Crippen MR) is 43.3 cm³/mol. The molecule has 0 fully saturated rings. The Morgan fingerprint density at radius 2 is 1.67 bits per heavy atom. The topological polar surface area (TPSA) is 0 Å². The maximum Gasteiger partial charge on any atom is -0.0266 e. The highest BCUT2D eigenvalue weighted by atomic mass is 13.9. The van der Waals surface area contributed by atoms with Crippen LogP contribution in [0.25, 0.3) is 0 Å². The first-order valence-corrected chi connectivity index (χ1v) is 2.82. The van der Waals surface area contributed by atoms with E-state index in [1.807, 2.05) is 13.0 Å². The first kappa shape index (κ1) is 7.96. The van der Waals surface area contributed by atoms with Crippen LogP contribution in [0.4, 0.5) is 0 Å². The Kier molecular flexibility index (Phi) is 3.45. The zero-order chi connectivity index (χ0) is 7.28. The van der Waals surface area contributed by atoms with Gasteiger partial charge in [-0.2, -0.15) is 0 Å². The molecule has 0 aromatic rings. The van der Waals surface area contributed by atoms with Crippen molar-refractivity contribution in [1.29, 1.82) is 0 Å². The summed E-state index contributed by atoms with van der Waals surface area (Å²) in [7, 11) is 0. The van der Waals surface area contributed by atoms with Crippen LogP contribution >= 0.6 is 0 Å². The number of hydrogen-bond donors (Lipinski definition) is 0. The summed E-state index contributed by atoms with van der Waals surface area (Å²) in [5.74, 6) is 0. The van der Waals surface area contributed by atoms with Crippen LogP contribution in [0.2, 0.25) is 0 Å². The molecule has 0 radical (unpaired) electrons. The summed E-state index contributed by atoms with van der Waals surface area (Å²) in [6, 6.07) is 0. The highest BCUT2D eigenvalue weighted by Gasteiger charge is 1.80. The number of allylic oxidation sites excluding steroid dienone is 5. The lowest BCUT2D eigenvalue weighted by molar-refractivity contribution is 1.52. The Balaban J connectivity index is 4.24. The Morgan fingerprint density at radius 1 is 1.22 bits per heavy atom. The third kappa shape index (κ3) is 3.53. The SMILES string of the molecule is C=CC(C=C)=CC(=C)C. The van der Waals surface area contributed by atoms with Gasteiger partial charge in [0.2, 0.25) is 0 Å². The van der Waals surface area contributed by atoms with Crippen molar-refractivity contribution in [3.8, 4) is 0 Å². The normalized spacial score (nSPS) is 7.67. The second-order valence-corrected chi connectivity index (χ2v) is 1.90. The van der Waals surface area contributed by atoms with Crippen molar-refractivity contribution in [2.24, 2.45) is 0 Å². The number of rotatable bonds is 3. The maximum absolute atomic E-state index is 3.72. The smallest absolute Gasteiger partial charge is 0.0266 e. The summed E-state index contributed by atoms with van der Waals surface area (Å²) in [6.45, 7) is 12.9. The maximum atomic E-state index is 3.72. The largest absolute Gasteiger partial charge is 0.0985 e. The summed E-state index contributed by atoms with van der Waals surface area (Å²) in [5, 5.41) is 0. The number of hydrogen-bond acceptors (Lipinski definition) is 0. The first-order valence-electron chi connectivity index (χ1n) is 2.82. The van der Waals surface area contributed by atoms with Crippen molar-refractivity contribution in [2.75, 3.05) is 0 Å². The molecule has 9 heavy (non-hydrogen) atoms. The molecule has 0 aromatic heterocycles. The Hall–Kier alpha value is -1.04. The van der Waals surface area contributed by atoms with Gasteiger partial charge in [-0.1, -0.05) is 43.5 Å². The van der Waals surface area contributed by atoms with Crippen molar-refractivity contribution < 1.29 is 0 Å². The lowest BCUT2D eigenvalue weighted by Crippen LogP contribution is -1.69. The Morgan fingerprint density at radius 3 is 1.78 bits per heavy atom. The van der Waals surface area contributed by atoms with Gasteiger partial charge in [-0.25, -0.2) is 0 Å². The third-order valence-corrected chi connectivity index (χ3v) is 0.884. The van der Waals surface area contributed by atoms with Gasteiger partial charge in [0.25, 0.3) is 0 Å². The molecule has 0 heteroatoms. The van der Waals surface area contributed by atoms with Gasteiger partial charge in [0.15, 0.2) is 0 Å². The van der Waals surface area contributed by atoms with E-state index in [0.717, 1.165) is 11.1 Å². The minimum absolute atomic E-state index is 1.02. The fourth-order valence-corrected chi connectivity index (χ4v) is 0.486. The highest BCUT2D eigenvalue weighted by Crippen LogP contribution is 2.00. The van der Waals surface area contributed by atoms with Gasteiger partial charge in [-0.05, 0) is 12.5 Å². The minimum atomic E-state index is 1.02. The van der Waals surface area contributed by atoms with Gasteiger partial charge in [-0.15, -0.1) is 0 Å². The molecule has 0 saturated heterocycles. The quantitative estimate of drug-likeness (QED) is 0.502. The van der Waals surface area contributed by atoms with E-state index in [2.05, 4.69) is 19.7 Å². The van der Waals surface area contributed by atoms with Crippen molar-refractivity contribution >= 4 is 0 Å². The molecule has 0 aliphatic carbocycles. The van der Waals surface area contributed by atoms with Gasteiger partial charge >= 0.3 is 0 Å². The van der Waals surface area contributed by atoms with Crippen molar-refractivity contribution in [3.63, 3.8) is 0 Å². The van der Waals surface area contributed by atoms with Gasteiger partial charge in [0, 0.05) is 0 Å². The van der Waals surface area contributed by atoms with E-state index in [4.69, 9.17) is 0 Å². The van der Waals surface area contributed by atoms with Crippen LogP contribution in [-0.2, 0) is 0 Å². The van der Waals surface area contributed by atoms with Gasteiger partial charge < -0.3 is 0 Å². The Bertz CT molecular complexity index is 149. The standard InChI is InChI=1S/C9H12/c1-5-9(6-2)7-8(3)4/h5-7H,1-3H2,4H3. The molecule has 0 aliphatic heterocycles. The monoisotopic (exact) mass is 120 g/mol. The molecule has 0 nitrogen and oxygen atoms in total. The molecule has 0 unspecified atom stereocenters. The van der Waals surface area contributed by atoms with Crippen molar-refractivity contribution in [3.05, 3.63) is 49.1 Å². The highest BCUT2D eigenvalue weighted by molar-refractivity contribution is 5.33. The minimum Gasteiger partial charge on any atom is -0.0985 e. The molecule has 0 spiro atoms. The molecule has 0 atom stereocenters. The lowest BCUT2D eigenvalue weighted by atomic mass is 10.2. The fourth-order valence-electron chi connectivity index (χ4n) is 0.486. The molecule has 0 N–H and O–H groups in total. The molecular weight excluding hydrogens is 108 g/mol. The summed E-state index contributed by atoms with van der Waals surface area (Å²) in [4.78, 5) is 0. The Labute approximate surface area is 56.9 Å². The molecule has 0 amide bonds. The first-order chi connectivity index (χ1) is 4.20. The van der Waals surface area contributed by atoms with Crippen molar-refractivity contribution in [1.82, 2.24) is 0 Å². The molecule has 0 aromatic carbocycles. The zero-order valence-corrected chi connectivity index (χ0v) is 5.85. The van der Waals surface area contributed by atoms with Crippen LogP contribution in [0.15, 0.2) is 49.1 Å². The van der Waals surface area contributed by atoms with E-state index in [-0.39, 0.29) is 0 Å². The van der Waals surface area contributed by atoms with Crippen LogP contribution in [0.1, 0.15) is 6.92 Å².